The van der Waals surface area contributed by atoms with Crippen molar-refractivity contribution in [3.05, 3.63) is 28.2 Å². The number of aliphatic hydroxyl groups excluding tert-OH is 1. The van der Waals surface area contributed by atoms with E-state index < -0.39 is 12.0 Å². The van der Waals surface area contributed by atoms with Crippen molar-refractivity contribution in [2.45, 2.75) is 12.6 Å². The number of aromatic hydroxyl groups is 1. The van der Waals surface area contributed by atoms with Crippen molar-refractivity contribution in [2.24, 2.45) is 5.73 Å². The molecule has 6 heteroatoms. The molecule has 16 heavy (non-hydrogen) atoms. The lowest BCUT2D eigenvalue weighted by atomic mass is 10.2. The van der Waals surface area contributed by atoms with Crippen molar-refractivity contribution in [2.75, 3.05) is 6.54 Å². The number of phenolic OH excluding ortho intramolecular Hbond substituents is 1. The highest BCUT2D eigenvalue weighted by Crippen LogP contribution is 2.21. The third-order valence-electron chi connectivity index (χ3n) is 2.02. The largest absolute Gasteiger partial charge is 0.508 e. The number of nitrogens with two attached hydrogens (primary N) is 1. The van der Waals surface area contributed by atoms with E-state index in [-0.39, 0.29) is 12.3 Å². The molecule has 5 N–H and O–H groups in total. The molecule has 0 saturated heterocycles. The molecule has 0 radical (unpaired) electrons. The van der Waals surface area contributed by atoms with Crippen LogP contribution in [0, 0.1) is 0 Å². The van der Waals surface area contributed by atoms with Gasteiger partial charge in [-0.15, -0.1) is 0 Å². The number of benzene rings is 1. The van der Waals surface area contributed by atoms with E-state index in [1.54, 1.807) is 18.2 Å². The second kappa shape index (κ2) is 5.83. The number of aliphatic hydroxyl groups is 1. The highest BCUT2D eigenvalue weighted by molar-refractivity contribution is 9.10. The first-order valence-electron chi connectivity index (χ1n) is 4.66. The summed E-state index contributed by atoms with van der Waals surface area (Å²) in [6.45, 7) is 0.400. The summed E-state index contributed by atoms with van der Waals surface area (Å²) in [6, 6.07) is 5.03. The number of carbonyl (C=O) groups excluding carboxylic acids is 1. The summed E-state index contributed by atoms with van der Waals surface area (Å²) >= 11 is 3.28. The zero-order chi connectivity index (χ0) is 12.1. The van der Waals surface area contributed by atoms with Crippen LogP contribution < -0.4 is 11.1 Å². The van der Waals surface area contributed by atoms with Gasteiger partial charge in [-0.3, -0.25) is 4.79 Å². The summed E-state index contributed by atoms with van der Waals surface area (Å²) in [4.78, 5) is 10.5. The quantitative estimate of drug-likeness (QED) is 0.618. The van der Waals surface area contributed by atoms with Crippen molar-refractivity contribution < 1.29 is 15.0 Å². The smallest absolute Gasteiger partial charge is 0.247 e. The highest BCUT2D eigenvalue weighted by Gasteiger charge is 2.10. The van der Waals surface area contributed by atoms with Gasteiger partial charge in [-0.1, -0.05) is 15.9 Å². The van der Waals surface area contributed by atoms with Gasteiger partial charge in [-0.2, -0.15) is 0 Å². The van der Waals surface area contributed by atoms with Crippen LogP contribution in [0.25, 0.3) is 0 Å². The highest BCUT2D eigenvalue weighted by atomic mass is 79.9. The van der Waals surface area contributed by atoms with E-state index in [0.29, 0.717) is 12.1 Å². The Balaban J connectivity index is 2.48. The fourth-order valence-electron chi connectivity index (χ4n) is 1.14. The third kappa shape index (κ3) is 3.80. The van der Waals surface area contributed by atoms with Gasteiger partial charge in [0.2, 0.25) is 5.91 Å². The van der Waals surface area contributed by atoms with Crippen LogP contribution in [0.4, 0.5) is 0 Å². The molecule has 1 aromatic rings. The first kappa shape index (κ1) is 13.0. The van der Waals surface area contributed by atoms with Crippen molar-refractivity contribution in [3.8, 4) is 5.75 Å². The Bertz CT molecular complexity index is 384. The average Bonchev–Trinajstić information content (AvgIpc) is 2.22. The summed E-state index contributed by atoms with van der Waals surface area (Å²) in [7, 11) is 0. The predicted molar refractivity (Wildman–Crippen MR) is 62.7 cm³/mol. The maximum Gasteiger partial charge on any atom is 0.247 e. The SMILES string of the molecule is NC(=O)C(O)CNCc1cc(Br)ccc1O. The normalized spacial score (nSPS) is 12.4. The van der Waals surface area contributed by atoms with Gasteiger partial charge in [0.05, 0.1) is 0 Å². The van der Waals surface area contributed by atoms with E-state index in [9.17, 15) is 9.90 Å². The number of hydrogen-bond donors (Lipinski definition) is 4. The molecule has 1 unspecified atom stereocenters. The Morgan fingerprint density at radius 2 is 2.25 bits per heavy atom. The minimum Gasteiger partial charge on any atom is -0.508 e. The van der Waals surface area contributed by atoms with Gasteiger partial charge in [0, 0.05) is 23.1 Å². The molecule has 1 amide bonds. The van der Waals surface area contributed by atoms with E-state index in [4.69, 9.17) is 10.8 Å². The van der Waals surface area contributed by atoms with Gasteiger partial charge in [-0.05, 0) is 18.2 Å². The van der Waals surface area contributed by atoms with Crippen LogP contribution in [0.1, 0.15) is 5.56 Å². The molecule has 0 aliphatic carbocycles. The lowest BCUT2D eigenvalue weighted by Gasteiger charge is -2.09. The molecule has 0 bridgehead atoms. The molecule has 0 aliphatic heterocycles. The summed E-state index contributed by atoms with van der Waals surface area (Å²) in [6.07, 6.45) is -1.21. The monoisotopic (exact) mass is 288 g/mol. The summed E-state index contributed by atoms with van der Waals surface area (Å²) in [5, 5.41) is 21.4. The van der Waals surface area contributed by atoms with E-state index in [1.807, 2.05) is 0 Å². The van der Waals surface area contributed by atoms with Crippen LogP contribution in [0.3, 0.4) is 0 Å². The third-order valence-corrected chi connectivity index (χ3v) is 2.52. The first-order chi connectivity index (χ1) is 7.50. The van der Waals surface area contributed by atoms with E-state index >= 15 is 0 Å². The Morgan fingerprint density at radius 3 is 2.88 bits per heavy atom. The lowest BCUT2D eigenvalue weighted by molar-refractivity contribution is -0.125. The summed E-state index contributed by atoms with van der Waals surface area (Å²) in [5.41, 5.74) is 5.56. The number of halogens is 1. The zero-order valence-corrected chi connectivity index (χ0v) is 10.1. The summed E-state index contributed by atoms with van der Waals surface area (Å²) in [5.74, 6) is -0.616. The number of primary amides is 1. The van der Waals surface area contributed by atoms with Crippen LogP contribution in [0.2, 0.25) is 0 Å². The molecular formula is C10H13BrN2O3. The molecule has 1 aromatic carbocycles. The van der Waals surface area contributed by atoms with Gasteiger partial charge in [0.25, 0.3) is 0 Å². The Kier molecular flexibility index (Phi) is 4.72. The number of amides is 1. The number of phenols is 1. The molecule has 0 saturated carbocycles. The second-order valence-corrected chi connectivity index (χ2v) is 4.24. The number of hydrogen-bond acceptors (Lipinski definition) is 4. The molecular weight excluding hydrogens is 276 g/mol. The molecule has 1 rings (SSSR count). The number of nitrogens with one attached hydrogen (secondary N) is 1. The fraction of sp³-hybridized carbons (Fsp3) is 0.300. The van der Waals surface area contributed by atoms with Crippen molar-refractivity contribution in [3.63, 3.8) is 0 Å². The van der Waals surface area contributed by atoms with Crippen LogP contribution >= 0.6 is 15.9 Å². The molecule has 0 fully saturated rings. The minimum atomic E-state index is -1.21. The second-order valence-electron chi connectivity index (χ2n) is 3.32. The molecule has 5 nitrogen and oxygen atoms in total. The molecule has 0 aliphatic rings. The first-order valence-corrected chi connectivity index (χ1v) is 5.45. The van der Waals surface area contributed by atoms with Gasteiger partial charge in [-0.25, -0.2) is 0 Å². The van der Waals surface area contributed by atoms with Crippen molar-refractivity contribution >= 4 is 21.8 Å². The maximum atomic E-state index is 10.5. The van der Waals surface area contributed by atoms with E-state index in [1.165, 1.54) is 0 Å². The van der Waals surface area contributed by atoms with Gasteiger partial charge in [0.15, 0.2) is 0 Å². The van der Waals surface area contributed by atoms with Crippen LogP contribution in [-0.2, 0) is 11.3 Å². The molecule has 0 spiro atoms. The molecule has 88 valence electrons. The van der Waals surface area contributed by atoms with Crippen LogP contribution in [0.5, 0.6) is 5.75 Å². The van der Waals surface area contributed by atoms with Crippen LogP contribution in [-0.4, -0.2) is 28.8 Å². The standard InChI is InChI=1S/C10H13BrN2O3/c11-7-1-2-8(14)6(3-7)4-13-5-9(15)10(12)16/h1-3,9,13-15H,4-5H2,(H2,12,16). The predicted octanol–water partition coefficient (Wildman–Crippen LogP) is 0.0905. The fourth-order valence-corrected chi connectivity index (χ4v) is 1.55. The minimum absolute atomic E-state index is 0.0568. The van der Waals surface area contributed by atoms with Crippen molar-refractivity contribution in [1.82, 2.24) is 5.32 Å². The van der Waals surface area contributed by atoms with Crippen molar-refractivity contribution in [1.29, 1.82) is 0 Å². The summed E-state index contributed by atoms with van der Waals surface area (Å²) < 4.78 is 0.845. The molecule has 0 heterocycles. The zero-order valence-electron chi connectivity index (χ0n) is 8.48. The molecule has 1 atom stereocenters. The maximum absolute atomic E-state index is 10.5. The van der Waals surface area contributed by atoms with Crippen LogP contribution in [0.15, 0.2) is 22.7 Å². The Morgan fingerprint density at radius 1 is 1.56 bits per heavy atom. The van der Waals surface area contributed by atoms with Gasteiger partial charge in [0.1, 0.15) is 11.9 Å². The number of rotatable bonds is 5. The average molecular weight is 289 g/mol. The van der Waals surface area contributed by atoms with E-state index in [0.717, 1.165) is 4.47 Å². The Hall–Kier alpha value is -1.11. The van der Waals surface area contributed by atoms with Gasteiger partial charge < -0.3 is 21.3 Å². The van der Waals surface area contributed by atoms with Gasteiger partial charge >= 0.3 is 0 Å². The molecule has 0 aromatic heterocycles. The van der Waals surface area contributed by atoms with E-state index in [2.05, 4.69) is 21.2 Å². The topological polar surface area (TPSA) is 95.6 Å². The number of carbonyl (C=O) groups is 1. The lowest BCUT2D eigenvalue weighted by Crippen LogP contribution is -2.37. The Labute approximate surface area is 101 Å².